The number of halogens is 2. The molecule has 1 N–H and O–H groups in total. The number of hydrogen-bond acceptors (Lipinski definition) is 3. The van der Waals surface area contributed by atoms with Gasteiger partial charge in [-0.15, -0.1) is 0 Å². The Morgan fingerprint density at radius 2 is 2.33 bits per heavy atom. The Morgan fingerprint density at radius 3 is 2.75 bits per heavy atom. The molecule has 0 aromatic carbocycles. The van der Waals surface area contributed by atoms with E-state index in [1.807, 2.05) is 0 Å². The van der Waals surface area contributed by atoms with Gasteiger partial charge in [0.1, 0.15) is 11.8 Å². The van der Waals surface area contributed by atoms with Crippen LogP contribution in [0.1, 0.15) is 11.9 Å². The van der Waals surface area contributed by atoms with Gasteiger partial charge in [-0.1, -0.05) is 23.2 Å². The van der Waals surface area contributed by atoms with Gasteiger partial charge in [0, 0.05) is 0 Å². The summed E-state index contributed by atoms with van der Waals surface area (Å²) in [5.74, 6) is 0.168. The lowest BCUT2D eigenvalue weighted by Gasteiger charge is -2.15. The Kier molecular flexibility index (Phi) is 2.63. The largest absolute Gasteiger partial charge is 0.466 e. The van der Waals surface area contributed by atoms with Crippen molar-refractivity contribution in [3.05, 3.63) is 24.2 Å². The van der Waals surface area contributed by atoms with E-state index >= 15 is 0 Å². The lowest BCUT2D eigenvalue weighted by atomic mass is 10.2. The minimum atomic E-state index is -1.86. The first-order valence-electron chi connectivity index (χ1n) is 3.08. The number of hydrogen-bond donors (Lipinski definition) is 1. The van der Waals surface area contributed by atoms with Crippen molar-refractivity contribution in [3.63, 3.8) is 0 Å². The Morgan fingerprint density at radius 1 is 1.67 bits per heavy atom. The lowest BCUT2D eigenvalue weighted by molar-refractivity contribution is 0.147. The summed E-state index contributed by atoms with van der Waals surface area (Å²) in [4.78, 5) is 0. The Labute approximate surface area is 79.1 Å². The highest BCUT2D eigenvalue weighted by molar-refractivity contribution is 6.50. The van der Waals surface area contributed by atoms with E-state index in [4.69, 9.17) is 32.9 Å². The Hall–Kier alpha value is -0.690. The average Bonchev–Trinajstić information content (AvgIpc) is 2.55. The van der Waals surface area contributed by atoms with Gasteiger partial charge in [-0.25, -0.2) is 0 Å². The summed E-state index contributed by atoms with van der Waals surface area (Å²) in [6, 6.07) is 4.61. The molecule has 1 unspecified atom stereocenters. The van der Waals surface area contributed by atoms with Gasteiger partial charge in [-0.3, -0.25) is 0 Å². The maximum Gasteiger partial charge on any atom is 0.235 e. The first-order valence-corrected chi connectivity index (χ1v) is 3.84. The van der Waals surface area contributed by atoms with Crippen LogP contribution in [0, 0.1) is 11.3 Å². The van der Waals surface area contributed by atoms with Crippen molar-refractivity contribution < 1.29 is 9.52 Å². The summed E-state index contributed by atoms with van der Waals surface area (Å²) in [7, 11) is 0. The molecule has 0 saturated carbocycles. The molecule has 3 nitrogen and oxygen atoms in total. The highest BCUT2D eigenvalue weighted by atomic mass is 35.5. The van der Waals surface area contributed by atoms with Crippen molar-refractivity contribution in [3.8, 4) is 6.07 Å². The minimum absolute atomic E-state index is 0.168. The molecule has 0 aliphatic carbocycles. The molecule has 0 spiro atoms. The molecule has 64 valence electrons. The summed E-state index contributed by atoms with van der Waals surface area (Å²) in [6.45, 7) is 0. The van der Waals surface area contributed by atoms with Crippen molar-refractivity contribution in [2.24, 2.45) is 0 Å². The maximum atomic E-state index is 9.36. The summed E-state index contributed by atoms with van der Waals surface area (Å²) in [5.41, 5.74) is 0. The van der Waals surface area contributed by atoms with Gasteiger partial charge in [-0.2, -0.15) is 5.26 Å². The third kappa shape index (κ3) is 1.72. The standard InChI is InChI=1S/C7H5Cl2NO2/c8-7(9,4-10)6(11)5-2-1-3-12-5/h1-3,6,11H. The normalized spacial score (nSPS) is 13.8. The van der Waals surface area contributed by atoms with E-state index in [-0.39, 0.29) is 5.76 Å². The van der Waals surface area contributed by atoms with Crippen LogP contribution < -0.4 is 0 Å². The number of nitrogens with zero attached hydrogens (tertiary/aromatic N) is 1. The van der Waals surface area contributed by atoms with E-state index in [9.17, 15) is 5.11 Å². The van der Waals surface area contributed by atoms with Crippen LogP contribution in [0.25, 0.3) is 0 Å². The van der Waals surface area contributed by atoms with Gasteiger partial charge in [-0.05, 0) is 12.1 Å². The molecule has 12 heavy (non-hydrogen) atoms. The summed E-state index contributed by atoms with van der Waals surface area (Å²) in [6.07, 6.45) is 0.0283. The van der Waals surface area contributed by atoms with Crippen molar-refractivity contribution in [2.75, 3.05) is 0 Å². The van der Waals surface area contributed by atoms with Gasteiger partial charge < -0.3 is 9.52 Å². The zero-order valence-electron chi connectivity index (χ0n) is 5.87. The number of aliphatic hydroxyl groups excluding tert-OH is 1. The second-order valence-electron chi connectivity index (χ2n) is 2.15. The van der Waals surface area contributed by atoms with E-state index < -0.39 is 10.4 Å². The molecule has 1 aromatic heterocycles. The van der Waals surface area contributed by atoms with Crippen molar-refractivity contribution in [2.45, 2.75) is 10.4 Å². The van der Waals surface area contributed by atoms with E-state index in [1.165, 1.54) is 12.3 Å². The van der Waals surface area contributed by atoms with Gasteiger partial charge in [0.05, 0.1) is 6.26 Å². The van der Waals surface area contributed by atoms with Crippen LogP contribution >= 0.6 is 23.2 Å². The van der Waals surface area contributed by atoms with Crippen LogP contribution in [0.2, 0.25) is 0 Å². The first kappa shape index (κ1) is 9.40. The molecule has 0 amide bonds. The Bertz CT molecular complexity index is 289. The first-order chi connectivity index (χ1) is 5.58. The van der Waals surface area contributed by atoms with Crippen molar-refractivity contribution in [1.29, 1.82) is 5.26 Å². The SMILES string of the molecule is N#CC(Cl)(Cl)C(O)c1ccco1. The van der Waals surface area contributed by atoms with Gasteiger partial charge in [0.15, 0.2) is 6.10 Å². The zero-order valence-corrected chi connectivity index (χ0v) is 7.38. The molecule has 5 heteroatoms. The van der Waals surface area contributed by atoms with E-state index in [1.54, 1.807) is 12.1 Å². The second kappa shape index (κ2) is 3.36. The molecule has 0 fully saturated rings. The number of rotatable bonds is 2. The van der Waals surface area contributed by atoms with E-state index in [0.29, 0.717) is 0 Å². The van der Waals surface area contributed by atoms with Gasteiger partial charge in [0.2, 0.25) is 4.33 Å². The van der Waals surface area contributed by atoms with Gasteiger partial charge >= 0.3 is 0 Å². The van der Waals surface area contributed by atoms with E-state index in [2.05, 4.69) is 0 Å². The van der Waals surface area contributed by atoms with Crippen LogP contribution in [0.15, 0.2) is 22.8 Å². The average molecular weight is 206 g/mol. The highest BCUT2D eigenvalue weighted by Crippen LogP contribution is 2.35. The zero-order chi connectivity index (χ0) is 9.19. The molecule has 1 rings (SSSR count). The van der Waals surface area contributed by atoms with Crippen LogP contribution in [0.3, 0.4) is 0 Å². The van der Waals surface area contributed by atoms with Crippen molar-refractivity contribution >= 4 is 23.2 Å². The molecule has 0 radical (unpaired) electrons. The number of alkyl halides is 2. The molecule has 1 heterocycles. The summed E-state index contributed by atoms with van der Waals surface area (Å²) in [5, 5.41) is 17.8. The maximum absolute atomic E-state index is 9.36. The van der Waals surface area contributed by atoms with Crippen LogP contribution in [0.5, 0.6) is 0 Å². The molecule has 0 bridgehead atoms. The third-order valence-electron chi connectivity index (χ3n) is 1.31. The van der Waals surface area contributed by atoms with Crippen LogP contribution in [-0.4, -0.2) is 9.44 Å². The fourth-order valence-corrected chi connectivity index (χ4v) is 0.902. The summed E-state index contributed by atoms with van der Waals surface area (Å²) < 4.78 is 2.95. The number of aliphatic hydroxyl groups is 1. The summed E-state index contributed by atoms with van der Waals surface area (Å²) >= 11 is 10.9. The number of nitriles is 1. The van der Waals surface area contributed by atoms with Crippen molar-refractivity contribution in [1.82, 2.24) is 0 Å². The van der Waals surface area contributed by atoms with Crippen LogP contribution in [-0.2, 0) is 0 Å². The minimum Gasteiger partial charge on any atom is -0.466 e. The molecular weight excluding hydrogens is 201 g/mol. The highest BCUT2D eigenvalue weighted by Gasteiger charge is 2.36. The number of furan rings is 1. The predicted molar refractivity (Wildman–Crippen MR) is 43.7 cm³/mol. The molecular formula is C7H5Cl2NO2. The monoisotopic (exact) mass is 205 g/mol. The second-order valence-corrected chi connectivity index (χ2v) is 3.54. The van der Waals surface area contributed by atoms with E-state index in [0.717, 1.165) is 0 Å². The molecule has 0 aliphatic rings. The molecule has 1 atom stereocenters. The molecule has 1 aromatic rings. The quantitative estimate of drug-likeness (QED) is 0.753. The van der Waals surface area contributed by atoms with Gasteiger partial charge in [0.25, 0.3) is 0 Å². The predicted octanol–water partition coefficient (Wildman–Crippen LogP) is 2.01. The lowest BCUT2D eigenvalue weighted by Crippen LogP contribution is -2.20. The van der Waals surface area contributed by atoms with Crippen LogP contribution in [0.4, 0.5) is 0 Å². The Balaban J connectivity index is 2.87. The topological polar surface area (TPSA) is 57.2 Å². The fraction of sp³-hybridized carbons (Fsp3) is 0.286. The molecule has 0 saturated heterocycles. The third-order valence-corrected chi connectivity index (χ3v) is 1.89. The fourth-order valence-electron chi connectivity index (χ4n) is 0.687. The molecule has 0 aliphatic heterocycles. The smallest absolute Gasteiger partial charge is 0.235 e.